The predicted molar refractivity (Wildman–Crippen MR) is 129 cm³/mol. The summed E-state index contributed by atoms with van der Waals surface area (Å²) in [4.78, 5) is 31.3. The zero-order valence-electron chi connectivity index (χ0n) is 18.7. The van der Waals surface area contributed by atoms with Crippen LogP contribution in [0, 0.1) is 6.92 Å². The zero-order valence-corrected chi connectivity index (χ0v) is 18.7. The third-order valence-electron chi connectivity index (χ3n) is 6.08. The molecule has 8 bridgehead atoms. The van der Waals surface area contributed by atoms with Gasteiger partial charge in [-0.2, -0.15) is 0 Å². The molecular formula is C26H24N6O. The minimum atomic E-state index is -0.187. The van der Waals surface area contributed by atoms with Gasteiger partial charge in [0.25, 0.3) is 5.91 Å². The molecule has 1 aliphatic heterocycles. The summed E-state index contributed by atoms with van der Waals surface area (Å²) in [7, 11) is 0. The molecule has 1 aromatic carbocycles. The monoisotopic (exact) mass is 436 g/mol. The van der Waals surface area contributed by atoms with Crippen LogP contribution >= 0.6 is 0 Å². The van der Waals surface area contributed by atoms with Crippen molar-refractivity contribution in [2.45, 2.75) is 32.7 Å². The number of fused-ring (bicyclic) bond motifs is 10. The van der Waals surface area contributed by atoms with Gasteiger partial charge in [-0.3, -0.25) is 9.78 Å². The number of rotatable bonds is 0. The molecular weight excluding hydrogens is 412 g/mol. The van der Waals surface area contributed by atoms with Gasteiger partial charge in [0.2, 0.25) is 0 Å². The van der Waals surface area contributed by atoms with E-state index in [1.165, 1.54) is 0 Å². The Morgan fingerprint density at radius 3 is 2.52 bits per heavy atom. The first-order chi connectivity index (χ1) is 16.0. The van der Waals surface area contributed by atoms with Crippen LogP contribution in [-0.4, -0.2) is 31.9 Å². The van der Waals surface area contributed by atoms with E-state index in [9.17, 15) is 4.79 Å². The van der Waals surface area contributed by atoms with E-state index in [0.717, 1.165) is 33.9 Å². The number of hydrogen-bond acceptors (Lipinski definition) is 6. The number of aromatic nitrogens is 4. The summed E-state index contributed by atoms with van der Waals surface area (Å²) in [6.45, 7) is 6.17. The van der Waals surface area contributed by atoms with Crippen LogP contribution in [0.4, 0.5) is 11.5 Å². The number of amides is 1. The number of nitrogens with zero attached hydrogens (tertiary/aromatic N) is 4. The Kier molecular flexibility index (Phi) is 5.30. The maximum absolute atomic E-state index is 13.0. The molecule has 1 aliphatic rings. The number of carbonyl (C=O) groups excluding carboxylic acids is 1. The number of benzene rings is 1. The SMILES string of the molecule is Cc1ccc2cc1-c1nccc(n1)-c1ccnc(c1)NC(C)C(C)c1cc(ccn1)C(=O)N2. The molecule has 0 fully saturated rings. The van der Waals surface area contributed by atoms with E-state index < -0.39 is 0 Å². The van der Waals surface area contributed by atoms with Gasteiger partial charge in [0, 0.05) is 58.6 Å². The van der Waals surface area contributed by atoms with Gasteiger partial charge in [0.15, 0.2) is 5.82 Å². The van der Waals surface area contributed by atoms with Crippen LogP contribution < -0.4 is 10.6 Å². The molecule has 0 spiro atoms. The molecule has 2 N–H and O–H groups in total. The lowest BCUT2D eigenvalue weighted by Crippen LogP contribution is -2.24. The lowest BCUT2D eigenvalue weighted by molar-refractivity contribution is 0.102. The number of hydrogen-bond donors (Lipinski definition) is 2. The maximum Gasteiger partial charge on any atom is 0.255 e. The fourth-order valence-corrected chi connectivity index (χ4v) is 3.91. The molecule has 4 heterocycles. The standard InChI is InChI=1S/C26H24N6O/c1-15-4-5-20-14-21(15)25-29-11-8-22(32-25)18-6-10-28-24(13-18)30-17(3)16(2)23-12-19(7-9-27-23)26(33)31-20/h4-14,16-17H,1-3H3,(H,28,30)(H,31,33). The fourth-order valence-electron chi connectivity index (χ4n) is 3.91. The molecule has 0 saturated carbocycles. The summed E-state index contributed by atoms with van der Waals surface area (Å²) in [5.41, 5.74) is 5.72. The van der Waals surface area contributed by atoms with E-state index >= 15 is 0 Å². The topological polar surface area (TPSA) is 92.7 Å². The van der Waals surface area contributed by atoms with Crippen LogP contribution in [0.2, 0.25) is 0 Å². The largest absolute Gasteiger partial charge is 0.367 e. The third-order valence-corrected chi connectivity index (χ3v) is 6.08. The average molecular weight is 437 g/mol. The first-order valence-corrected chi connectivity index (χ1v) is 10.9. The van der Waals surface area contributed by atoms with Crippen molar-refractivity contribution in [2.75, 3.05) is 10.6 Å². The van der Waals surface area contributed by atoms with E-state index in [1.54, 1.807) is 24.7 Å². The lowest BCUT2D eigenvalue weighted by Gasteiger charge is -2.22. The number of nitrogens with one attached hydrogen (secondary N) is 2. The Bertz CT molecular complexity index is 1350. The molecule has 0 saturated heterocycles. The van der Waals surface area contributed by atoms with Gasteiger partial charge in [-0.25, -0.2) is 15.0 Å². The molecule has 2 atom stereocenters. The van der Waals surface area contributed by atoms with Gasteiger partial charge >= 0.3 is 0 Å². The third kappa shape index (κ3) is 4.17. The van der Waals surface area contributed by atoms with Gasteiger partial charge in [0.05, 0.1) is 5.69 Å². The van der Waals surface area contributed by atoms with Crippen molar-refractivity contribution in [3.05, 3.63) is 83.9 Å². The van der Waals surface area contributed by atoms with E-state index in [0.29, 0.717) is 17.1 Å². The van der Waals surface area contributed by atoms with Gasteiger partial charge in [-0.05, 0) is 61.9 Å². The van der Waals surface area contributed by atoms with Crippen molar-refractivity contribution in [1.29, 1.82) is 0 Å². The highest BCUT2D eigenvalue weighted by Gasteiger charge is 2.19. The van der Waals surface area contributed by atoms with Gasteiger partial charge in [-0.1, -0.05) is 13.0 Å². The first-order valence-electron chi connectivity index (χ1n) is 10.9. The van der Waals surface area contributed by atoms with Crippen molar-refractivity contribution >= 4 is 17.4 Å². The van der Waals surface area contributed by atoms with Crippen molar-refractivity contribution in [1.82, 2.24) is 19.9 Å². The smallest absolute Gasteiger partial charge is 0.255 e. The molecule has 7 heteroatoms. The second-order valence-corrected chi connectivity index (χ2v) is 8.37. The van der Waals surface area contributed by atoms with Crippen molar-refractivity contribution in [2.24, 2.45) is 0 Å². The molecule has 0 radical (unpaired) electrons. The molecule has 7 nitrogen and oxygen atoms in total. The predicted octanol–water partition coefficient (Wildman–Crippen LogP) is 5.08. The Morgan fingerprint density at radius 1 is 0.848 bits per heavy atom. The minimum Gasteiger partial charge on any atom is -0.367 e. The van der Waals surface area contributed by atoms with E-state index in [1.807, 2.05) is 49.4 Å². The molecule has 33 heavy (non-hydrogen) atoms. The molecule has 2 unspecified atom stereocenters. The first kappa shape index (κ1) is 20.8. The summed E-state index contributed by atoms with van der Waals surface area (Å²) in [6, 6.07) is 15.2. The molecule has 5 rings (SSSR count). The highest BCUT2D eigenvalue weighted by Crippen LogP contribution is 2.28. The van der Waals surface area contributed by atoms with Crippen molar-refractivity contribution in [3.63, 3.8) is 0 Å². The highest BCUT2D eigenvalue weighted by atomic mass is 16.1. The molecule has 1 amide bonds. The normalized spacial score (nSPS) is 17.5. The molecule has 3 aromatic heterocycles. The van der Waals surface area contributed by atoms with Gasteiger partial charge < -0.3 is 10.6 Å². The Balaban J connectivity index is 1.67. The Hall–Kier alpha value is -4.13. The number of anilines is 2. The quantitative estimate of drug-likeness (QED) is 0.399. The second-order valence-electron chi connectivity index (χ2n) is 8.37. The second kappa shape index (κ2) is 8.43. The van der Waals surface area contributed by atoms with Crippen LogP contribution in [0.3, 0.4) is 0 Å². The molecule has 164 valence electrons. The number of aryl methyl sites for hydroxylation is 1. The van der Waals surface area contributed by atoms with Gasteiger partial charge in [-0.15, -0.1) is 0 Å². The van der Waals surface area contributed by atoms with E-state index in [2.05, 4.69) is 39.4 Å². The van der Waals surface area contributed by atoms with Crippen molar-refractivity contribution < 1.29 is 4.79 Å². The van der Waals surface area contributed by atoms with Crippen LogP contribution in [0.5, 0.6) is 0 Å². The summed E-state index contributed by atoms with van der Waals surface area (Å²) in [5.74, 6) is 1.22. The molecule has 4 aromatic rings. The van der Waals surface area contributed by atoms with Crippen LogP contribution in [0.15, 0.2) is 67.1 Å². The lowest BCUT2D eigenvalue weighted by atomic mass is 9.97. The fraction of sp³-hybridized carbons (Fsp3) is 0.192. The summed E-state index contributed by atoms with van der Waals surface area (Å²) < 4.78 is 0. The maximum atomic E-state index is 13.0. The molecule has 0 aliphatic carbocycles. The van der Waals surface area contributed by atoms with Gasteiger partial charge in [0.1, 0.15) is 5.82 Å². The summed E-state index contributed by atoms with van der Waals surface area (Å²) >= 11 is 0. The average Bonchev–Trinajstić information content (AvgIpc) is 2.84. The van der Waals surface area contributed by atoms with E-state index in [-0.39, 0.29) is 17.9 Å². The zero-order chi connectivity index (χ0) is 22.9. The Labute approximate surface area is 192 Å². The number of pyridine rings is 2. The summed E-state index contributed by atoms with van der Waals surface area (Å²) in [5, 5.41) is 6.48. The van der Waals surface area contributed by atoms with Crippen LogP contribution in [0.1, 0.15) is 41.4 Å². The Morgan fingerprint density at radius 2 is 1.64 bits per heavy atom. The van der Waals surface area contributed by atoms with Crippen LogP contribution in [-0.2, 0) is 0 Å². The summed E-state index contributed by atoms with van der Waals surface area (Å²) in [6.07, 6.45) is 5.21. The van der Waals surface area contributed by atoms with E-state index in [4.69, 9.17) is 4.98 Å². The number of carbonyl (C=O) groups is 1. The minimum absolute atomic E-state index is 0.0351. The van der Waals surface area contributed by atoms with Crippen LogP contribution in [0.25, 0.3) is 22.6 Å². The van der Waals surface area contributed by atoms with Crippen molar-refractivity contribution in [3.8, 4) is 22.6 Å². The highest BCUT2D eigenvalue weighted by molar-refractivity contribution is 6.04.